The molecule has 1 fully saturated rings. The van der Waals surface area contributed by atoms with Crippen molar-refractivity contribution in [2.45, 2.75) is 39.3 Å². The van der Waals surface area contributed by atoms with Gasteiger partial charge in [0.15, 0.2) is 0 Å². The predicted octanol–water partition coefficient (Wildman–Crippen LogP) is 1.94. The molecule has 0 radical (unpaired) electrons. The Hall–Kier alpha value is -1.55. The van der Waals surface area contributed by atoms with E-state index in [0.29, 0.717) is 6.04 Å². The molecule has 0 amide bonds. The fourth-order valence-electron chi connectivity index (χ4n) is 2.92. The molecule has 1 saturated heterocycles. The standard InChI is InChI=1S/C15H22N2O2/c1-10-4-5-14(11(2)6-10)17-12(3)8-16-9-13(17)7-15(18)19/h4-6,12-13,16H,7-9H2,1-3H3,(H,18,19). The van der Waals surface area contributed by atoms with Gasteiger partial charge in [0.2, 0.25) is 0 Å². The monoisotopic (exact) mass is 262 g/mol. The summed E-state index contributed by atoms with van der Waals surface area (Å²) in [6.07, 6.45) is 0.171. The number of carboxylic acid groups (broad SMARTS) is 1. The van der Waals surface area contributed by atoms with Gasteiger partial charge < -0.3 is 15.3 Å². The molecule has 1 aliphatic heterocycles. The summed E-state index contributed by atoms with van der Waals surface area (Å²) in [5, 5.41) is 12.4. The molecule has 1 aliphatic rings. The Bertz CT molecular complexity index is 473. The molecule has 19 heavy (non-hydrogen) atoms. The fraction of sp³-hybridized carbons (Fsp3) is 0.533. The van der Waals surface area contributed by atoms with Crippen LogP contribution in [0.1, 0.15) is 24.5 Å². The molecule has 0 aromatic heterocycles. The van der Waals surface area contributed by atoms with Crippen LogP contribution >= 0.6 is 0 Å². The number of nitrogens with one attached hydrogen (secondary N) is 1. The Balaban J connectivity index is 2.33. The van der Waals surface area contributed by atoms with Crippen LogP contribution in [0.25, 0.3) is 0 Å². The molecular formula is C15H22N2O2. The zero-order chi connectivity index (χ0) is 14.0. The minimum absolute atomic E-state index is 0.0163. The lowest BCUT2D eigenvalue weighted by molar-refractivity contribution is -0.137. The van der Waals surface area contributed by atoms with Crippen LogP contribution in [-0.4, -0.2) is 36.2 Å². The first kappa shape index (κ1) is 13.9. The van der Waals surface area contributed by atoms with Crippen molar-refractivity contribution in [2.75, 3.05) is 18.0 Å². The lowest BCUT2D eigenvalue weighted by Gasteiger charge is -2.43. The molecule has 0 bridgehead atoms. The van der Waals surface area contributed by atoms with Crippen LogP contribution < -0.4 is 10.2 Å². The minimum atomic E-state index is -0.740. The van der Waals surface area contributed by atoms with Crippen LogP contribution in [0.5, 0.6) is 0 Å². The third kappa shape index (κ3) is 3.07. The molecule has 1 aromatic rings. The zero-order valence-corrected chi connectivity index (χ0v) is 11.8. The van der Waals surface area contributed by atoms with Crippen LogP contribution in [0.15, 0.2) is 18.2 Å². The van der Waals surface area contributed by atoms with E-state index in [9.17, 15) is 4.79 Å². The van der Waals surface area contributed by atoms with Gasteiger partial charge in [-0.1, -0.05) is 17.7 Å². The summed E-state index contributed by atoms with van der Waals surface area (Å²) in [5.74, 6) is -0.740. The second-order valence-corrected chi connectivity index (χ2v) is 5.46. The summed E-state index contributed by atoms with van der Waals surface area (Å²) in [6, 6.07) is 6.68. The molecule has 2 atom stereocenters. The lowest BCUT2D eigenvalue weighted by atomic mass is 10.0. The van der Waals surface area contributed by atoms with Crippen LogP contribution in [-0.2, 0) is 4.79 Å². The molecule has 2 N–H and O–H groups in total. The van der Waals surface area contributed by atoms with Crippen LogP contribution in [0.2, 0.25) is 0 Å². The Kier molecular flexibility index (Phi) is 4.10. The molecule has 4 nitrogen and oxygen atoms in total. The number of hydrogen-bond donors (Lipinski definition) is 2. The van der Waals surface area contributed by atoms with Gasteiger partial charge in [-0.15, -0.1) is 0 Å². The smallest absolute Gasteiger partial charge is 0.305 e. The number of aliphatic carboxylic acids is 1. The predicted molar refractivity (Wildman–Crippen MR) is 76.8 cm³/mol. The number of carboxylic acids is 1. The first-order valence-corrected chi connectivity index (χ1v) is 6.77. The van der Waals surface area contributed by atoms with Gasteiger partial charge in [-0.25, -0.2) is 0 Å². The SMILES string of the molecule is Cc1ccc(N2C(C)CNCC2CC(=O)O)c(C)c1. The number of nitrogens with zero attached hydrogens (tertiary/aromatic N) is 1. The summed E-state index contributed by atoms with van der Waals surface area (Å²) >= 11 is 0. The van der Waals surface area contributed by atoms with Gasteiger partial charge in [-0.05, 0) is 32.4 Å². The zero-order valence-electron chi connectivity index (χ0n) is 11.8. The molecular weight excluding hydrogens is 240 g/mol. The summed E-state index contributed by atoms with van der Waals surface area (Å²) in [5.41, 5.74) is 3.61. The summed E-state index contributed by atoms with van der Waals surface area (Å²) in [7, 11) is 0. The van der Waals surface area contributed by atoms with E-state index >= 15 is 0 Å². The number of anilines is 1. The van der Waals surface area contributed by atoms with E-state index in [1.165, 1.54) is 11.1 Å². The molecule has 1 heterocycles. The highest BCUT2D eigenvalue weighted by Gasteiger charge is 2.30. The van der Waals surface area contributed by atoms with E-state index in [2.05, 4.69) is 49.2 Å². The summed E-state index contributed by atoms with van der Waals surface area (Å²) in [4.78, 5) is 13.3. The van der Waals surface area contributed by atoms with E-state index in [4.69, 9.17) is 5.11 Å². The first-order valence-electron chi connectivity index (χ1n) is 6.77. The maximum atomic E-state index is 11.0. The third-order valence-electron chi connectivity index (χ3n) is 3.73. The molecule has 0 saturated carbocycles. The largest absolute Gasteiger partial charge is 0.481 e. The summed E-state index contributed by atoms with van der Waals surface area (Å²) < 4.78 is 0. The topological polar surface area (TPSA) is 52.6 Å². The second kappa shape index (κ2) is 5.61. The van der Waals surface area contributed by atoms with Crippen LogP contribution in [0, 0.1) is 13.8 Å². The van der Waals surface area contributed by atoms with Crippen molar-refractivity contribution in [1.82, 2.24) is 5.32 Å². The quantitative estimate of drug-likeness (QED) is 0.874. The van der Waals surface area contributed by atoms with Crippen molar-refractivity contribution in [2.24, 2.45) is 0 Å². The van der Waals surface area contributed by atoms with Gasteiger partial charge in [0.1, 0.15) is 0 Å². The number of benzene rings is 1. The van der Waals surface area contributed by atoms with Crippen molar-refractivity contribution < 1.29 is 9.90 Å². The molecule has 2 unspecified atom stereocenters. The number of rotatable bonds is 3. The molecule has 4 heteroatoms. The molecule has 1 aromatic carbocycles. The molecule has 2 rings (SSSR count). The van der Waals surface area contributed by atoms with Crippen molar-refractivity contribution >= 4 is 11.7 Å². The number of aryl methyl sites for hydroxylation is 2. The molecule has 0 spiro atoms. The van der Waals surface area contributed by atoms with Gasteiger partial charge in [-0.3, -0.25) is 4.79 Å². The summed E-state index contributed by atoms with van der Waals surface area (Å²) in [6.45, 7) is 7.93. The maximum absolute atomic E-state index is 11.0. The van der Waals surface area contributed by atoms with Gasteiger partial charge in [-0.2, -0.15) is 0 Å². The Morgan fingerprint density at radius 3 is 2.79 bits per heavy atom. The average molecular weight is 262 g/mol. The van der Waals surface area contributed by atoms with E-state index in [1.54, 1.807) is 0 Å². The highest BCUT2D eigenvalue weighted by atomic mass is 16.4. The van der Waals surface area contributed by atoms with Crippen LogP contribution in [0.4, 0.5) is 5.69 Å². The van der Waals surface area contributed by atoms with Gasteiger partial charge in [0, 0.05) is 24.8 Å². The van der Waals surface area contributed by atoms with Crippen molar-refractivity contribution in [3.8, 4) is 0 Å². The lowest BCUT2D eigenvalue weighted by Crippen LogP contribution is -2.57. The highest BCUT2D eigenvalue weighted by Crippen LogP contribution is 2.27. The number of piperazine rings is 1. The minimum Gasteiger partial charge on any atom is -0.481 e. The normalized spacial score (nSPS) is 23.4. The van der Waals surface area contributed by atoms with Crippen LogP contribution in [0.3, 0.4) is 0 Å². The number of hydrogen-bond acceptors (Lipinski definition) is 3. The third-order valence-corrected chi connectivity index (χ3v) is 3.73. The highest BCUT2D eigenvalue weighted by molar-refractivity contribution is 5.69. The van der Waals surface area contributed by atoms with Gasteiger partial charge in [0.25, 0.3) is 0 Å². The van der Waals surface area contributed by atoms with E-state index in [-0.39, 0.29) is 12.5 Å². The number of carbonyl (C=O) groups is 1. The second-order valence-electron chi connectivity index (χ2n) is 5.46. The van der Waals surface area contributed by atoms with Crippen molar-refractivity contribution in [3.63, 3.8) is 0 Å². The van der Waals surface area contributed by atoms with Crippen molar-refractivity contribution in [1.29, 1.82) is 0 Å². The maximum Gasteiger partial charge on any atom is 0.305 e. The molecule has 104 valence electrons. The Morgan fingerprint density at radius 1 is 1.42 bits per heavy atom. The van der Waals surface area contributed by atoms with Gasteiger partial charge in [0.05, 0.1) is 12.5 Å². The average Bonchev–Trinajstić information content (AvgIpc) is 2.30. The van der Waals surface area contributed by atoms with E-state index in [1.807, 2.05) is 0 Å². The fourth-order valence-corrected chi connectivity index (χ4v) is 2.92. The van der Waals surface area contributed by atoms with E-state index in [0.717, 1.165) is 18.8 Å². The van der Waals surface area contributed by atoms with Gasteiger partial charge >= 0.3 is 5.97 Å². The molecule has 0 aliphatic carbocycles. The van der Waals surface area contributed by atoms with Crippen molar-refractivity contribution in [3.05, 3.63) is 29.3 Å². The Labute approximate surface area is 114 Å². The first-order chi connectivity index (χ1) is 8.99. The Morgan fingerprint density at radius 2 is 2.16 bits per heavy atom. The van der Waals surface area contributed by atoms with E-state index < -0.39 is 5.97 Å².